The highest BCUT2D eigenvalue weighted by atomic mass is 16.3. The van der Waals surface area contributed by atoms with Gasteiger partial charge in [0.2, 0.25) is 0 Å². The summed E-state index contributed by atoms with van der Waals surface area (Å²) in [6.07, 6.45) is 0. The van der Waals surface area contributed by atoms with Crippen molar-refractivity contribution in [1.82, 2.24) is 4.57 Å². The van der Waals surface area contributed by atoms with Gasteiger partial charge >= 0.3 is 0 Å². The van der Waals surface area contributed by atoms with Crippen molar-refractivity contribution in [2.75, 3.05) is 0 Å². The molecule has 1 unspecified atom stereocenters. The molecular weight excluding hydrogens is 619 g/mol. The van der Waals surface area contributed by atoms with Crippen LogP contribution in [0.5, 0.6) is 0 Å². The summed E-state index contributed by atoms with van der Waals surface area (Å²) < 4.78 is 8.77. The maximum Gasteiger partial charge on any atom is 0.137 e. The first-order valence-electron chi connectivity index (χ1n) is 17.6. The van der Waals surface area contributed by atoms with E-state index < -0.39 is 0 Å². The third-order valence-corrected chi connectivity index (χ3v) is 10.9. The SMILES string of the molecule is c1ccc(-c2ccc(C3c4ccccc4-c4cc(-c5ccc6c(c5)c5ccc7oc8ccccc8c7c5n6-c5ccccc5)ccc43)cc2)cc1. The van der Waals surface area contributed by atoms with E-state index in [-0.39, 0.29) is 5.92 Å². The highest BCUT2D eigenvalue weighted by Gasteiger charge is 2.30. The van der Waals surface area contributed by atoms with Crippen LogP contribution < -0.4 is 0 Å². The molecule has 0 aliphatic heterocycles. The van der Waals surface area contributed by atoms with Crippen molar-refractivity contribution in [3.05, 3.63) is 199 Å². The van der Waals surface area contributed by atoms with E-state index in [4.69, 9.17) is 4.42 Å². The predicted molar refractivity (Wildman–Crippen MR) is 212 cm³/mol. The molecule has 0 amide bonds. The Hall–Kier alpha value is -6.64. The van der Waals surface area contributed by atoms with Gasteiger partial charge in [0, 0.05) is 27.8 Å². The summed E-state index contributed by atoms with van der Waals surface area (Å²) in [4.78, 5) is 0. The second kappa shape index (κ2) is 10.9. The van der Waals surface area contributed by atoms with Crippen LogP contribution >= 0.6 is 0 Å². The Kier molecular flexibility index (Phi) is 6.05. The molecule has 0 spiro atoms. The van der Waals surface area contributed by atoms with Crippen LogP contribution in [0.4, 0.5) is 0 Å². The van der Waals surface area contributed by atoms with E-state index in [1.54, 1.807) is 0 Å². The molecule has 1 aliphatic carbocycles. The second-order valence-corrected chi connectivity index (χ2v) is 13.6. The number of hydrogen-bond donors (Lipinski definition) is 0. The van der Waals surface area contributed by atoms with E-state index in [2.05, 4.69) is 180 Å². The molecule has 51 heavy (non-hydrogen) atoms. The largest absolute Gasteiger partial charge is 0.456 e. The van der Waals surface area contributed by atoms with E-state index in [1.165, 1.54) is 71.9 Å². The number of para-hydroxylation sites is 2. The second-order valence-electron chi connectivity index (χ2n) is 13.6. The minimum atomic E-state index is 0.202. The summed E-state index contributed by atoms with van der Waals surface area (Å²) in [6, 6.07) is 66.2. The number of furan rings is 1. The molecule has 2 heterocycles. The van der Waals surface area contributed by atoms with Gasteiger partial charge in [-0.25, -0.2) is 0 Å². The fraction of sp³-hybridized carbons (Fsp3) is 0.0204. The van der Waals surface area contributed by atoms with Crippen LogP contribution in [0.1, 0.15) is 22.6 Å². The Morgan fingerprint density at radius 2 is 1.08 bits per heavy atom. The molecule has 2 aromatic heterocycles. The van der Waals surface area contributed by atoms with Crippen molar-refractivity contribution in [2.45, 2.75) is 5.92 Å². The third kappa shape index (κ3) is 4.23. The molecule has 11 rings (SSSR count). The zero-order valence-corrected chi connectivity index (χ0v) is 27.8. The summed E-state index contributed by atoms with van der Waals surface area (Å²) in [6.45, 7) is 0. The molecule has 2 nitrogen and oxygen atoms in total. The average molecular weight is 650 g/mol. The zero-order chi connectivity index (χ0) is 33.5. The molecule has 0 N–H and O–H groups in total. The van der Waals surface area contributed by atoms with Crippen LogP contribution in [0.15, 0.2) is 186 Å². The summed E-state index contributed by atoms with van der Waals surface area (Å²) in [5, 5.41) is 4.75. The Balaban J connectivity index is 1.08. The molecule has 0 fully saturated rings. The van der Waals surface area contributed by atoms with Crippen molar-refractivity contribution in [3.63, 3.8) is 0 Å². The lowest BCUT2D eigenvalue weighted by atomic mass is 9.88. The zero-order valence-electron chi connectivity index (χ0n) is 27.8. The molecular formula is C49H31NO. The molecule has 0 radical (unpaired) electrons. The lowest BCUT2D eigenvalue weighted by Gasteiger charge is -2.15. The topological polar surface area (TPSA) is 18.1 Å². The van der Waals surface area contributed by atoms with Crippen molar-refractivity contribution in [2.24, 2.45) is 0 Å². The van der Waals surface area contributed by atoms with Gasteiger partial charge in [0.25, 0.3) is 0 Å². The number of nitrogens with zero attached hydrogens (tertiary/aromatic N) is 1. The van der Waals surface area contributed by atoms with E-state index in [9.17, 15) is 0 Å². The number of hydrogen-bond acceptors (Lipinski definition) is 1. The lowest BCUT2D eigenvalue weighted by molar-refractivity contribution is 0.669. The first-order chi connectivity index (χ1) is 25.3. The number of rotatable bonds is 4. The van der Waals surface area contributed by atoms with Crippen LogP contribution in [-0.4, -0.2) is 4.57 Å². The monoisotopic (exact) mass is 649 g/mol. The van der Waals surface area contributed by atoms with Crippen LogP contribution in [0.25, 0.3) is 82.8 Å². The standard InChI is InChI=1S/C49H31NO/c1-3-11-31(12-4-1)32-19-21-33(22-20-32)47-38-16-8-7-15-37(38)42-29-34(23-25-39(42)47)35-24-27-44-43(30-35)40-26-28-46-48(41-17-9-10-18-45(41)51-46)49(40)50(44)36-13-5-2-6-14-36/h1-30,47H. The highest BCUT2D eigenvalue weighted by molar-refractivity contribution is 6.24. The van der Waals surface area contributed by atoms with Gasteiger partial charge in [-0.1, -0.05) is 133 Å². The van der Waals surface area contributed by atoms with E-state index in [0.717, 1.165) is 27.6 Å². The van der Waals surface area contributed by atoms with Gasteiger partial charge in [-0.15, -0.1) is 0 Å². The van der Waals surface area contributed by atoms with Gasteiger partial charge in [0.15, 0.2) is 0 Å². The Morgan fingerprint density at radius 1 is 0.412 bits per heavy atom. The minimum Gasteiger partial charge on any atom is -0.456 e. The Labute approximate surface area is 295 Å². The maximum atomic E-state index is 6.37. The van der Waals surface area contributed by atoms with E-state index in [0.29, 0.717) is 0 Å². The smallest absolute Gasteiger partial charge is 0.137 e. The number of benzene rings is 8. The van der Waals surface area contributed by atoms with Crippen molar-refractivity contribution in [3.8, 4) is 39.1 Å². The molecule has 10 aromatic rings. The van der Waals surface area contributed by atoms with Crippen molar-refractivity contribution < 1.29 is 4.42 Å². The van der Waals surface area contributed by atoms with Crippen molar-refractivity contribution >= 4 is 43.7 Å². The normalized spacial score (nSPS) is 13.7. The van der Waals surface area contributed by atoms with Gasteiger partial charge in [-0.3, -0.25) is 0 Å². The van der Waals surface area contributed by atoms with Gasteiger partial charge in [-0.05, 0) is 98.6 Å². The number of aromatic nitrogens is 1. The summed E-state index contributed by atoms with van der Waals surface area (Å²) >= 11 is 0. The van der Waals surface area contributed by atoms with Crippen LogP contribution in [0.3, 0.4) is 0 Å². The first kappa shape index (κ1) is 28.2. The lowest BCUT2D eigenvalue weighted by Crippen LogP contribution is -1.99. The Morgan fingerprint density at radius 3 is 1.94 bits per heavy atom. The molecule has 1 atom stereocenters. The quantitative estimate of drug-likeness (QED) is 0.186. The average Bonchev–Trinajstić information content (AvgIpc) is 3.86. The minimum absolute atomic E-state index is 0.202. The number of fused-ring (bicyclic) bond motifs is 10. The van der Waals surface area contributed by atoms with E-state index in [1.807, 2.05) is 6.07 Å². The van der Waals surface area contributed by atoms with Gasteiger partial charge in [0.05, 0.1) is 16.4 Å². The molecule has 0 saturated carbocycles. The third-order valence-electron chi connectivity index (χ3n) is 10.9. The predicted octanol–water partition coefficient (Wildman–Crippen LogP) is 13.2. The molecule has 238 valence electrons. The fourth-order valence-corrected chi connectivity index (χ4v) is 8.58. The van der Waals surface area contributed by atoms with Crippen LogP contribution in [0.2, 0.25) is 0 Å². The van der Waals surface area contributed by atoms with Gasteiger partial charge in [0.1, 0.15) is 11.2 Å². The van der Waals surface area contributed by atoms with Crippen LogP contribution in [-0.2, 0) is 0 Å². The summed E-state index contributed by atoms with van der Waals surface area (Å²) in [5.74, 6) is 0.202. The van der Waals surface area contributed by atoms with Gasteiger partial charge < -0.3 is 8.98 Å². The summed E-state index contributed by atoms with van der Waals surface area (Å²) in [7, 11) is 0. The fourth-order valence-electron chi connectivity index (χ4n) is 8.58. The highest BCUT2D eigenvalue weighted by Crippen LogP contribution is 2.50. The first-order valence-corrected chi connectivity index (χ1v) is 17.6. The van der Waals surface area contributed by atoms with E-state index >= 15 is 0 Å². The van der Waals surface area contributed by atoms with Gasteiger partial charge in [-0.2, -0.15) is 0 Å². The van der Waals surface area contributed by atoms with Crippen LogP contribution in [0, 0.1) is 0 Å². The molecule has 2 heteroatoms. The summed E-state index contributed by atoms with van der Waals surface area (Å²) in [5.41, 5.74) is 16.9. The Bertz CT molecular complexity index is 2950. The molecule has 8 aromatic carbocycles. The van der Waals surface area contributed by atoms with Crippen molar-refractivity contribution in [1.29, 1.82) is 0 Å². The molecule has 1 aliphatic rings. The maximum absolute atomic E-state index is 6.37. The molecule has 0 saturated heterocycles. The molecule has 0 bridgehead atoms.